The van der Waals surface area contributed by atoms with E-state index in [0.717, 1.165) is 24.5 Å². The molecule has 3 heteroatoms. The number of hydrogen-bond donors (Lipinski definition) is 2. The van der Waals surface area contributed by atoms with Crippen LogP contribution in [-0.2, 0) is 6.54 Å². The maximum absolute atomic E-state index is 8.59. The van der Waals surface area contributed by atoms with Crippen molar-refractivity contribution in [3.63, 3.8) is 0 Å². The van der Waals surface area contributed by atoms with Crippen molar-refractivity contribution >= 4 is 11.6 Å². The molecule has 78 valence electrons. The number of benzene rings is 1. The zero-order chi connectivity index (χ0) is 10.4. The lowest BCUT2D eigenvalue weighted by molar-refractivity contribution is 0.286. The van der Waals surface area contributed by atoms with Crippen molar-refractivity contribution < 1.29 is 5.11 Å². The van der Waals surface area contributed by atoms with Gasteiger partial charge in [0.2, 0.25) is 0 Å². The first-order chi connectivity index (χ1) is 6.72. The molecular formula is C11H16ClNO. The minimum Gasteiger partial charge on any atom is -0.396 e. The third-order valence-electron chi connectivity index (χ3n) is 1.94. The second-order valence-electron chi connectivity index (χ2n) is 3.39. The van der Waals surface area contributed by atoms with Gasteiger partial charge in [-0.25, -0.2) is 0 Å². The van der Waals surface area contributed by atoms with E-state index in [9.17, 15) is 0 Å². The molecule has 0 saturated heterocycles. The molecule has 0 aliphatic carbocycles. The Bertz CT molecular complexity index is 268. The van der Waals surface area contributed by atoms with Crippen LogP contribution in [0.4, 0.5) is 0 Å². The monoisotopic (exact) mass is 213 g/mol. The summed E-state index contributed by atoms with van der Waals surface area (Å²) in [5.41, 5.74) is 2.37. The first-order valence-corrected chi connectivity index (χ1v) is 5.18. The van der Waals surface area contributed by atoms with Crippen molar-refractivity contribution in [3.8, 4) is 0 Å². The third-order valence-corrected chi connectivity index (χ3v) is 2.16. The second kappa shape index (κ2) is 6.02. The normalized spacial score (nSPS) is 10.5. The highest BCUT2D eigenvalue weighted by Crippen LogP contribution is 2.14. The van der Waals surface area contributed by atoms with Gasteiger partial charge in [0.05, 0.1) is 0 Å². The molecule has 1 aromatic rings. The Balaban J connectivity index is 2.42. The van der Waals surface area contributed by atoms with E-state index in [1.165, 1.54) is 11.1 Å². The molecule has 0 bridgehead atoms. The Kier molecular flexibility index (Phi) is 4.94. The fourth-order valence-electron chi connectivity index (χ4n) is 1.35. The minimum atomic E-state index is 0.238. The zero-order valence-electron chi connectivity index (χ0n) is 8.39. The van der Waals surface area contributed by atoms with Crippen LogP contribution in [0.3, 0.4) is 0 Å². The summed E-state index contributed by atoms with van der Waals surface area (Å²) in [5.74, 6) is 0. The van der Waals surface area contributed by atoms with Crippen LogP contribution in [0.25, 0.3) is 0 Å². The lowest BCUT2D eigenvalue weighted by atomic mass is 10.1. The van der Waals surface area contributed by atoms with Crippen molar-refractivity contribution in [2.24, 2.45) is 0 Å². The first-order valence-electron chi connectivity index (χ1n) is 4.80. The summed E-state index contributed by atoms with van der Waals surface area (Å²) in [7, 11) is 0. The summed E-state index contributed by atoms with van der Waals surface area (Å²) >= 11 is 5.92. The van der Waals surface area contributed by atoms with Gasteiger partial charge in [-0.1, -0.05) is 17.7 Å². The summed E-state index contributed by atoms with van der Waals surface area (Å²) in [5, 5.41) is 12.6. The van der Waals surface area contributed by atoms with E-state index in [0.29, 0.717) is 0 Å². The van der Waals surface area contributed by atoms with E-state index in [1.54, 1.807) is 0 Å². The van der Waals surface area contributed by atoms with Crippen molar-refractivity contribution in [3.05, 3.63) is 34.3 Å². The van der Waals surface area contributed by atoms with Crippen LogP contribution in [0.5, 0.6) is 0 Å². The summed E-state index contributed by atoms with van der Waals surface area (Å²) < 4.78 is 0. The van der Waals surface area contributed by atoms with Crippen molar-refractivity contribution in [2.45, 2.75) is 19.9 Å². The molecule has 0 amide bonds. The fourth-order valence-corrected chi connectivity index (χ4v) is 1.66. The van der Waals surface area contributed by atoms with E-state index < -0.39 is 0 Å². The molecule has 0 atom stereocenters. The number of rotatable bonds is 5. The molecule has 0 aliphatic rings. The maximum atomic E-state index is 8.59. The van der Waals surface area contributed by atoms with Crippen LogP contribution in [0.2, 0.25) is 5.02 Å². The van der Waals surface area contributed by atoms with Crippen molar-refractivity contribution in [1.82, 2.24) is 5.32 Å². The second-order valence-corrected chi connectivity index (χ2v) is 3.83. The van der Waals surface area contributed by atoms with E-state index >= 15 is 0 Å². The predicted octanol–water partition coefficient (Wildman–Crippen LogP) is 2.12. The van der Waals surface area contributed by atoms with Gasteiger partial charge in [-0.05, 0) is 43.1 Å². The van der Waals surface area contributed by atoms with Gasteiger partial charge in [0.25, 0.3) is 0 Å². The minimum absolute atomic E-state index is 0.238. The van der Waals surface area contributed by atoms with Gasteiger partial charge in [-0.3, -0.25) is 0 Å². The van der Waals surface area contributed by atoms with Gasteiger partial charge in [-0.15, -0.1) is 0 Å². The molecular weight excluding hydrogens is 198 g/mol. The highest BCUT2D eigenvalue weighted by molar-refractivity contribution is 6.30. The summed E-state index contributed by atoms with van der Waals surface area (Å²) in [4.78, 5) is 0. The van der Waals surface area contributed by atoms with Crippen LogP contribution in [-0.4, -0.2) is 18.3 Å². The molecule has 0 aromatic heterocycles. The zero-order valence-corrected chi connectivity index (χ0v) is 9.14. The molecule has 14 heavy (non-hydrogen) atoms. The van der Waals surface area contributed by atoms with Gasteiger partial charge >= 0.3 is 0 Å². The number of aliphatic hydroxyl groups is 1. The Morgan fingerprint density at radius 1 is 1.36 bits per heavy atom. The lowest BCUT2D eigenvalue weighted by Gasteiger charge is -2.05. The summed E-state index contributed by atoms with van der Waals surface area (Å²) in [6.07, 6.45) is 0.791. The van der Waals surface area contributed by atoms with Crippen LogP contribution in [0.1, 0.15) is 17.5 Å². The standard InChI is InChI=1S/C11H16ClNO/c1-9-5-10(7-11(12)6-9)8-13-3-2-4-14/h5-7,13-14H,2-4,8H2,1H3. The number of aliphatic hydroxyl groups excluding tert-OH is 1. The van der Waals surface area contributed by atoms with Gasteiger partial charge in [0.15, 0.2) is 0 Å². The highest BCUT2D eigenvalue weighted by Gasteiger charge is 1.96. The molecule has 0 aliphatic heterocycles. The van der Waals surface area contributed by atoms with Crippen molar-refractivity contribution in [2.75, 3.05) is 13.2 Å². The highest BCUT2D eigenvalue weighted by atomic mass is 35.5. The number of halogens is 1. The average Bonchev–Trinajstić information content (AvgIpc) is 2.11. The molecule has 0 spiro atoms. The Hall–Kier alpha value is -0.570. The predicted molar refractivity (Wildman–Crippen MR) is 59.6 cm³/mol. The molecule has 2 N–H and O–H groups in total. The van der Waals surface area contributed by atoms with E-state index in [-0.39, 0.29) is 6.61 Å². The Labute approximate surface area is 89.9 Å². The van der Waals surface area contributed by atoms with E-state index in [1.807, 2.05) is 19.1 Å². The molecule has 1 aromatic carbocycles. The molecule has 0 saturated carbocycles. The van der Waals surface area contributed by atoms with Gasteiger partial charge in [-0.2, -0.15) is 0 Å². The SMILES string of the molecule is Cc1cc(Cl)cc(CNCCCO)c1. The first kappa shape index (κ1) is 11.5. The molecule has 0 unspecified atom stereocenters. The topological polar surface area (TPSA) is 32.3 Å². The fraction of sp³-hybridized carbons (Fsp3) is 0.455. The third kappa shape index (κ3) is 4.09. The number of nitrogens with one attached hydrogen (secondary N) is 1. The van der Waals surface area contributed by atoms with Crippen LogP contribution in [0.15, 0.2) is 18.2 Å². The lowest BCUT2D eigenvalue weighted by Crippen LogP contribution is -2.15. The van der Waals surface area contributed by atoms with E-state index in [4.69, 9.17) is 16.7 Å². The molecule has 0 fully saturated rings. The quantitative estimate of drug-likeness (QED) is 0.735. The van der Waals surface area contributed by atoms with Gasteiger partial charge in [0, 0.05) is 18.2 Å². The van der Waals surface area contributed by atoms with Gasteiger partial charge < -0.3 is 10.4 Å². The van der Waals surface area contributed by atoms with Crippen LogP contribution < -0.4 is 5.32 Å². The molecule has 1 rings (SSSR count). The smallest absolute Gasteiger partial charge is 0.0443 e. The number of hydrogen-bond acceptors (Lipinski definition) is 2. The van der Waals surface area contributed by atoms with Crippen LogP contribution >= 0.6 is 11.6 Å². The van der Waals surface area contributed by atoms with Gasteiger partial charge in [0.1, 0.15) is 0 Å². The van der Waals surface area contributed by atoms with Crippen molar-refractivity contribution in [1.29, 1.82) is 0 Å². The summed E-state index contributed by atoms with van der Waals surface area (Å²) in [6.45, 7) is 3.91. The van der Waals surface area contributed by atoms with E-state index in [2.05, 4.69) is 11.4 Å². The number of aryl methyl sites for hydroxylation is 1. The van der Waals surface area contributed by atoms with Crippen LogP contribution in [0, 0.1) is 6.92 Å². The average molecular weight is 214 g/mol. The maximum Gasteiger partial charge on any atom is 0.0443 e. The molecule has 0 heterocycles. The molecule has 2 nitrogen and oxygen atoms in total. The Morgan fingerprint density at radius 2 is 2.14 bits per heavy atom. The summed E-state index contributed by atoms with van der Waals surface area (Å²) in [6, 6.07) is 6.01. The molecule has 0 radical (unpaired) electrons. The largest absolute Gasteiger partial charge is 0.396 e. The Morgan fingerprint density at radius 3 is 2.79 bits per heavy atom.